The predicted molar refractivity (Wildman–Crippen MR) is 141 cm³/mol. The van der Waals surface area contributed by atoms with Gasteiger partial charge < -0.3 is 10.3 Å². The van der Waals surface area contributed by atoms with Gasteiger partial charge in [0.15, 0.2) is 0 Å². The van der Waals surface area contributed by atoms with Gasteiger partial charge >= 0.3 is 0 Å². The first kappa shape index (κ1) is 26.9. The van der Waals surface area contributed by atoms with Crippen molar-refractivity contribution in [2.45, 2.75) is 58.3 Å². The summed E-state index contributed by atoms with van der Waals surface area (Å²) in [6.07, 6.45) is 8.72. The molecule has 0 saturated heterocycles. The number of nitro groups is 1. The van der Waals surface area contributed by atoms with E-state index < -0.39 is 4.92 Å². The number of rotatable bonds is 15. The molecule has 3 rings (SSSR count). The number of carbonyl (C=O) groups excluding carboxylic acids is 2. The maximum Gasteiger partial charge on any atom is 0.270 e. The molecule has 0 spiro atoms. The van der Waals surface area contributed by atoms with E-state index in [-0.39, 0.29) is 17.5 Å². The molecule has 1 aromatic heterocycles. The summed E-state index contributed by atoms with van der Waals surface area (Å²) in [6, 6.07) is 12.2. The molecular weight excluding hydrogens is 458 g/mol. The molecule has 0 aliphatic rings. The third-order valence-electron chi connectivity index (χ3n) is 6.07. The van der Waals surface area contributed by atoms with E-state index >= 15 is 0 Å². The van der Waals surface area contributed by atoms with Gasteiger partial charge in [0.25, 0.3) is 11.6 Å². The number of hydrazine groups is 1. The number of fused-ring (bicyclic) bond motifs is 1. The van der Waals surface area contributed by atoms with Gasteiger partial charge in [-0.25, -0.2) is 5.43 Å². The average molecular weight is 494 g/mol. The minimum Gasteiger partial charge on any atom is -0.361 e. The van der Waals surface area contributed by atoms with Crippen LogP contribution >= 0.6 is 0 Å². The zero-order valence-corrected chi connectivity index (χ0v) is 20.8. The maximum atomic E-state index is 12.4. The molecule has 1 heterocycles. The quantitative estimate of drug-likeness (QED) is 0.138. The smallest absolute Gasteiger partial charge is 0.270 e. The van der Waals surface area contributed by atoms with Gasteiger partial charge in [-0.05, 0) is 55.0 Å². The van der Waals surface area contributed by atoms with Gasteiger partial charge in [-0.2, -0.15) is 0 Å². The molecule has 0 aliphatic heterocycles. The minimum absolute atomic E-state index is 0.0221. The van der Waals surface area contributed by atoms with E-state index in [4.69, 9.17) is 0 Å². The van der Waals surface area contributed by atoms with E-state index in [0.717, 1.165) is 67.1 Å². The lowest BCUT2D eigenvalue weighted by atomic mass is 10.0. The summed E-state index contributed by atoms with van der Waals surface area (Å²) >= 11 is 0. The number of nitrogens with one attached hydrogen (secondary N) is 4. The van der Waals surface area contributed by atoms with Crippen LogP contribution in [0.4, 0.5) is 5.69 Å². The largest absolute Gasteiger partial charge is 0.361 e. The van der Waals surface area contributed by atoms with Crippen molar-refractivity contribution in [3.05, 3.63) is 75.5 Å². The summed E-state index contributed by atoms with van der Waals surface area (Å²) in [5.41, 5.74) is 9.15. The number of aromatic amines is 1. The number of nitro benzene ring substituents is 1. The SMILES string of the molecule is CCCCNNC(=O)CCCCCCNC(=O)c1ccc(Cc2c[nH]c3ccc([N+](=O)[O-])cc23)cc1. The van der Waals surface area contributed by atoms with E-state index in [9.17, 15) is 19.7 Å². The summed E-state index contributed by atoms with van der Waals surface area (Å²) in [6.45, 7) is 3.50. The van der Waals surface area contributed by atoms with Gasteiger partial charge in [0.2, 0.25) is 5.91 Å². The number of benzene rings is 2. The van der Waals surface area contributed by atoms with Crippen molar-refractivity contribution in [1.29, 1.82) is 0 Å². The molecule has 0 aliphatic carbocycles. The first-order chi connectivity index (χ1) is 17.5. The van der Waals surface area contributed by atoms with Crippen molar-refractivity contribution in [2.75, 3.05) is 13.1 Å². The first-order valence-corrected chi connectivity index (χ1v) is 12.6. The highest BCUT2D eigenvalue weighted by atomic mass is 16.6. The summed E-state index contributed by atoms with van der Waals surface area (Å²) in [7, 11) is 0. The van der Waals surface area contributed by atoms with Gasteiger partial charge in [-0.15, -0.1) is 0 Å². The fourth-order valence-corrected chi connectivity index (χ4v) is 3.98. The Bertz CT molecular complexity index is 1160. The molecule has 3 aromatic rings. The topological polar surface area (TPSA) is 129 Å². The zero-order valence-electron chi connectivity index (χ0n) is 20.8. The number of H-pyrrole nitrogens is 1. The molecule has 4 N–H and O–H groups in total. The Balaban J connectivity index is 1.36. The summed E-state index contributed by atoms with van der Waals surface area (Å²) in [5, 5.41) is 14.9. The van der Waals surface area contributed by atoms with Gasteiger partial charge in [-0.1, -0.05) is 38.3 Å². The van der Waals surface area contributed by atoms with Crippen LogP contribution in [0.1, 0.15) is 73.4 Å². The molecule has 2 aromatic carbocycles. The van der Waals surface area contributed by atoms with Crippen molar-refractivity contribution >= 4 is 28.4 Å². The first-order valence-electron chi connectivity index (χ1n) is 12.6. The fraction of sp³-hybridized carbons (Fsp3) is 0.407. The van der Waals surface area contributed by atoms with Crippen molar-refractivity contribution in [2.24, 2.45) is 0 Å². The second kappa shape index (κ2) is 14.0. The van der Waals surface area contributed by atoms with E-state index in [0.29, 0.717) is 24.9 Å². The molecule has 9 heteroatoms. The molecular formula is C27H35N5O4. The third-order valence-corrected chi connectivity index (χ3v) is 6.07. The van der Waals surface area contributed by atoms with Gasteiger partial charge in [0.1, 0.15) is 0 Å². The van der Waals surface area contributed by atoms with Crippen LogP contribution in [0.2, 0.25) is 0 Å². The highest BCUT2D eigenvalue weighted by Gasteiger charge is 2.11. The van der Waals surface area contributed by atoms with Crippen LogP contribution < -0.4 is 16.2 Å². The number of unbranched alkanes of at least 4 members (excludes halogenated alkanes) is 4. The van der Waals surface area contributed by atoms with Crippen molar-refractivity contribution in [3.8, 4) is 0 Å². The van der Waals surface area contributed by atoms with Crippen LogP contribution in [0.25, 0.3) is 10.9 Å². The molecule has 0 saturated carbocycles. The molecule has 9 nitrogen and oxygen atoms in total. The van der Waals surface area contributed by atoms with Crippen molar-refractivity contribution < 1.29 is 14.5 Å². The second-order valence-corrected chi connectivity index (χ2v) is 8.92. The van der Waals surface area contributed by atoms with E-state index in [1.807, 2.05) is 18.3 Å². The van der Waals surface area contributed by atoms with Crippen LogP contribution in [0.5, 0.6) is 0 Å². The molecule has 192 valence electrons. The van der Waals surface area contributed by atoms with Crippen molar-refractivity contribution in [3.63, 3.8) is 0 Å². The van der Waals surface area contributed by atoms with Gasteiger partial charge in [0, 0.05) is 54.3 Å². The minimum atomic E-state index is -0.393. The Hall–Kier alpha value is -3.72. The van der Waals surface area contributed by atoms with Crippen LogP contribution in [0, 0.1) is 10.1 Å². The molecule has 36 heavy (non-hydrogen) atoms. The lowest BCUT2D eigenvalue weighted by Gasteiger charge is -2.07. The number of non-ortho nitro benzene ring substituents is 1. The summed E-state index contributed by atoms with van der Waals surface area (Å²) in [4.78, 5) is 38.0. The lowest BCUT2D eigenvalue weighted by molar-refractivity contribution is -0.384. The predicted octanol–water partition coefficient (Wildman–Crippen LogP) is 4.77. The molecule has 0 fully saturated rings. The van der Waals surface area contributed by atoms with E-state index in [1.54, 1.807) is 24.3 Å². The molecule has 0 bridgehead atoms. The third kappa shape index (κ3) is 8.20. The molecule has 0 radical (unpaired) electrons. The number of aromatic nitrogens is 1. The Kier molecular flexibility index (Phi) is 10.4. The number of hydrogen-bond donors (Lipinski definition) is 4. The Labute approximate surface area is 211 Å². The standard InChI is InChI=1S/C27H35N5O4/c1-2-3-16-30-31-26(33)8-6-4-5-7-15-28-27(34)21-11-9-20(10-12-21)17-22-19-29-25-14-13-23(32(35)36)18-24(22)25/h9-14,18-19,29-30H,2-8,15-17H2,1H3,(H,28,34)(H,31,33). The Morgan fingerprint density at radius 1 is 0.972 bits per heavy atom. The molecule has 0 atom stereocenters. The second-order valence-electron chi connectivity index (χ2n) is 8.92. The lowest BCUT2D eigenvalue weighted by Crippen LogP contribution is -2.37. The highest BCUT2D eigenvalue weighted by molar-refractivity contribution is 5.94. The van der Waals surface area contributed by atoms with Gasteiger partial charge in [-0.3, -0.25) is 25.1 Å². The number of carbonyl (C=O) groups is 2. The van der Waals surface area contributed by atoms with Crippen LogP contribution in [0.3, 0.4) is 0 Å². The van der Waals surface area contributed by atoms with Gasteiger partial charge in [0.05, 0.1) is 4.92 Å². The fourth-order valence-electron chi connectivity index (χ4n) is 3.98. The van der Waals surface area contributed by atoms with E-state index in [2.05, 4.69) is 28.1 Å². The highest BCUT2D eigenvalue weighted by Crippen LogP contribution is 2.25. The Morgan fingerprint density at radius 2 is 1.75 bits per heavy atom. The molecule has 0 unspecified atom stereocenters. The van der Waals surface area contributed by atoms with Crippen LogP contribution in [0.15, 0.2) is 48.7 Å². The number of hydrogen-bond acceptors (Lipinski definition) is 5. The maximum absolute atomic E-state index is 12.4. The average Bonchev–Trinajstić information content (AvgIpc) is 3.28. The number of amides is 2. The summed E-state index contributed by atoms with van der Waals surface area (Å²) < 4.78 is 0. The summed E-state index contributed by atoms with van der Waals surface area (Å²) in [5.74, 6) is -0.0874. The van der Waals surface area contributed by atoms with Crippen LogP contribution in [-0.2, 0) is 11.2 Å². The molecule has 2 amide bonds. The van der Waals surface area contributed by atoms with E-state index in [1.165, 1.54) is 6.07 Å². The van der Waals surface area contributed by atoms with Crippen molar-refractivity contribution in [1.82, 2.24) is 21.2 Å². The monoisotopic (exact) mass is 493 g/mol. The van der Waals surface area contributed by atoms with Crippen LogP contribution in [-0.4, -0.2) is 34.8 Å². The Morgan fingerprint density at radius 3 is 2.50 bits per heavy atom. The number of nitrogens with zero attached hydrogens (tertiary/aromatic N) is 1. The zero-order chi connectivity index (χ0) is 25.8. The normalized spacial score (nSPS) is 10.9.